The van der Waals surface area contributed by atoms with Crippen LogP contribution in [-0.4, -0.2) is 55.4 Å². The van der Waals surface area contributed by atoms with E-state index < -0.39 is 24.5 Å². The maximum atomic E-state index is 11.4. The van der Waals surface area contributed by atoms with E-state index in [0.29, 0.717) is 6.61 Å². The lowest BCUT2D eigenvalue weighted by Crippen LogP contribution is -2.53. The summed E-state index contributed by atoms with van der Waals surface area (Å²) in [4.78, 5) is 22.5. The molecule has 1 heterocycles. The van der Waals surface area contributed by atoms with Crippen molar-refractivity contribution in [2.24, 2.45) is 11.8 Å². The highest BCUT2D eigenvalue weighted by atomic mass is 16.7. The van der Waals surface area contributed by atoms with Gasteiger partial charge < -0.3 is 24.1 Å². The minimum absolute atomic E-state index is 0.0117. The number of esters is 2. The summed E-state index contributed by atoms with van der Waals surface area (Å²) in [6.07, 6.45) is 2.21. The van der Waals surface area contributed by atoms with E-state index in [2.05, 4.69) is 0 Å². The van der Waals surface area contributed by atoms with Crippen LogP contribution in [0.1, 0.15) is 53.4 Å². The fourth-order valence-electron chi connectivity index (χ4n) is 2.93. The quantitative estimate of drug-likeness (QED) is 0.471. The van der Waals surface area contributed by atoms with Crippen molar-refractivity contribution in [2.75, 3.05) is 19.8 Å². The summed E-state index contributed by atoms with van der Waals surface area (Å²) in [5.74, 6) is -0.741. The van der Waals surface area contributed by atoms with Gasteiger partial charge in [0.05, 0.1) is 0 Å². The van der Waals surface area contributed by atoms with Crippen LogP contribution in [0.5, 0.6) is 0 Å². The fourth-order valence-corrected chi connectivity index (χ4v) is 2.93. The van der Waals surface area contributed by atoms with Gasteiger partial charge >= 0.3 is 11.9 Å². The van der Waals surface area contributed by atoms with Gasteiger partial charge in [-0.1, -0.05) is 26.7 Å². The van der Waals surface area contributed by atoms with Gasteiger partial charge in [0.25, 0.3) is 0 Å². The molecule has 1 N–H and O–H groups in total. The highest BCUT2D eigenvalue weighted by molar-refractivity contribution is 5.66. The Balaban J connectivity index is 2.59. The monoisotopic (exact) mass is 360 g/mol. The lowest BCUT2D eigenvalue weighted by atomic mass is 9.84. The van der Waals surface area contributed by atoms with Crippen molar-refractivity contribution in [3.63, 3.8) is 0 Å². The van der Waals surface area contributed by atoms with Gasteiger partial charge in [-0.05, 0) is 12.8 Å². The average molecular weight is 360 g/mol. The normalized spacial score (nSPS) is 29.2. The lowest BCUT2D eigenvalue weighted by Gasteiger charge is -2.43. The molecule has 0 aliphatic carbocycles. The van der Waals surface area contributed by atoms with E-state index in [1.54, 1.807) is 0 Å². The van der Waals surface area contributed by atoms with Crippen LogP contribution in [-0.2, 0) is 28.5 Å². The first kappa shape index (κ1) is 21.9. The molecule has 1 saturated heterocycles. The van der Waals surface area contributed by atoms with Gasteiger partial charge in [0.15, 0.2) is 6.29 Å². The molecule has 5 atom stereocenters. The maximum Gasteiger partial charge on any atom is 0.303 e. The molecule has 0 radical (unpaired) electrons. The Morgan fingerprint density at radius 3 is 2.28 bits per heavy atom. The molecular weight excluding hydrogens is 328 g/mol. The van der Waals surface area contributed by atoms with Gasteiger partial charge in [0, 0.05) is 38.9 Å². The Bertz CT molecular complexity index is 412. The summed E-state index contributed by atoms with van der Waals surface area (Å²) in [6, 6.07) is 0. The summed E-state index contributed by atoms with van der Waals surface area (Å²) < 4.78 is 22.3. The number of carbonyl (C=O) groups is 2. The van der Waals surface area contributed by atoms with Crippen molar-refractivity contribution in [2.45, 2.75) is 71.9 Å². The maximum absolute atomic E-state index is 11.4. The third-order valence-corrected chi connectivity index (χ3v) is 4.54. The molecule has 1 fully saturated rings. The molecule has 1 aliphatic rings. The van der Waals surface area contributed by atoms with Gasteiger partial charge in [0.2, 0.25) is 0 Å². The Labute approximate surface area is 150 Å². The highest BCUT2D eigenvalue weighted by Crippen LogP contribution is 2.33. The Morgan fingerprint density at radius 2 is 1.68 bits per heavy atom. The van der Waals surface area contributed by atoms with Crippen molar-refractivity contribution in [3.05, 3.63) is 0 Å². The van der Waals surface area contributed by atoms with Crippen LogP contribution in [0.15, 0.2) is 0 Å². The molecule has 0 amide bonds. The molecule has 1 aliphatic heterocycles. The summed E-state index contributed by atoms with van der Waals surface area (Å²) in [6.45, 7) is 7.48. The number of hydrogen-bond donors (Lipinski definition) is 1. The van der Waals surface area contributed by atoms with Crippen LogP contribution >= 0.6 is 0 Å². The molecule has 0 aromatic heterocycles. The predicted octanol–water partition coefficient (Wildman–Crippen LogP) is 2.05. The van der Waals surface area contributed by atoms with E-state index in [9.17, 15) is 9.59 Å². The minimum atomic E-state index is -0.543. The summed E-state index contributed by atoms with van der Waals surface area (Å²) >= 11 is 0. The van der Waals surface area contributed by atoms with Crippen molar-refractivity contribution in [1.82, 2.24) is 0 Å². The minimum Gasteiger partial charge on any atom is -0.463 e. The molecule has 25 heavy (non-hydrogen) atoms. The van der Waals surface area contributed by atoms with Crippen molar-refractivity contribution in [3.8, 4) is 0 Å². The largest absolute Gasteiger partial charge is 0.463 e. The zero-order valence-electron chi connectivity index (χ0n) is 15.7. The summed E-state index contributed by atoms with van der Waals surface area (Å²) in [5, 5.41) is 8.77. The standard InChI is InChI=1S/C18H32O7/c1-12-13(2)18(22-10-8-6-5-7-9-19)25-16(11-23-14(3)20)17(12)24-15(4)21/h12-13,16-19H,5-11H2,1-4H3. The molecule has 0 saturated carbocycles. The van der Waals surface area contributed by atoms with E-state index in [0.717, 1.165) is 25.7 Å². The molecular formula is C18H32O7. The zero-order chi connectivity index (χ0) is 18.8. The number of ether oxygens (including phenoxy) is 4. The Kier molecular flexibility index (Phi) is 10.0. The topological polar surface area (TPSA) is 91.3 Å². The zero-order valence-corrected chi connectivity index (χ0v) is 15.7. The number of aliphatic hydroxyl groups excluding tert-OH is 1. The van der Waals surface area contributed by atoms with Gasteiger partial charge in [-0.15, -0.1) is 0 Å². The van der Waals surface area contributed by atoms with E-state index in [4.69, 9.17) is 24.1 Å². The molecule has 146 valence electrons. The third kappa shape index (κ3) is 7.71. The van der Waals surface area contributed by atoms with Crippen LogP contribution in [0.25, 0.3) is 0 Å². The number of aliphatic hydroxyl groups is 1. The molecule has 0 spiro atoms. The van der Waals surface area contributed by atoms with Crippen LogP contribution in [0.4, 0.5) is 0 Å². The van der Waals surface area contributed by atoms with Crippen LogP contribution in [0.3, 0.4) is 0 Å². The number of hydrogen-bond acceptors (Lipinski definition) is 7. The molecule has 0 aromatic rings. The van der Waals surface area contributed by atoms with Gasteiger partial charge in [-0.25, -0.2) is 0 Å². The van der Waals surface area contributed by atoms with Gasteiger partial charge in [0.1, 0.15) is 18.8 Å². The molecule has 5 unspecified atom stereocenters. The van der Waals surface area contributed by atoms with Crippen LogP contribution in [0, 0.1) is 11.8 Å². The predicted molar refractivity (Wildman–Crippen MR) is 90.7 cm³/mol. The van der Waals surface area contributed by atoms with Crippen molar-refractivity contribution >= 4 is 11.9 Å². The lowest BCUT2D eigenvalue weighted by molar-refractivity contribution is -0.273. The third-order valence-electron chi connectivity index (χ3n) is 4.54. The first-order chi connectivity index (χ1) is 11.9. The van der Waals surface area contributed by atoms with Crippen molar-refractivity contribution in [1.29, 1.82) is 0 Å². The second-order valence-corrected chi connectivity index (χ2v) is 6.65. The SMILES string of the molecule is CC(=O)OCC1OC(OCCCCCCO)C(C)C(C)C1OC(C)=O. The summed E-state index contributed by atoms with van der Waals surface area (Å²) in [7, 11) is 0. The first-order valence-electron chi connectivity index (χ1n) is 9.05. The Hall–Kier alpha value is -1.18. The highest BCUT2D eigenvalue weighted by Gasteiger charge is 2.44. The van der Waals surface area contributed by atoms with Crippen LogP contribution < -0.4 is 0 Å². The number of carbonyl (C=O) groups excluding carboxylic acids is 2. The average Bonchev–Trinajstić information content (AvgIpc) is 2.55. The van der Waals surface area contributed by atoms with E-state index in [1.165, 1.54) is 13.8 Å². The van der Waals surface area contributed by atoms with Crippen LogP contribution in [0.2, 0.25) is 0 Å². The molecule has 7 heteroatoms. The van der Waals surface area contributed by atoms with Crippen molar-refractivity contribution < 1.29 is 33.6 Å². The molecule has 7 nitrogen and oxygen atoms in total. The molecule has 0 bridgehead atoms. The number of unbranched alkanes of at least 4 members (excludes halogenated alkanes) is 3. The van der Waals surface area contributed by atoms with Gasteiger partial charge in [-0.2, -0.15) is 0 Å². The van der Waals surface area contributed by atoms with E-state index >= 15 is 0 Å². The molecule has 0 aromatic carbocycles. The second kappa shape index (κ2) is 11.4. The first-order valence-corrected chi connectivity index (χ1v) is 9.05. The van der Waals surface area contributed by atoms with E-state index in [-0.39, 0.29) is 31.0 Å². The van der Waals surface area contributed by atoms with Gasteiger partial charge in [-0.3, -0.25) is 9.59 Å². The molecule has 1 rings (SSSR count). The fraction of sp³-hybridized carbons (Fsp3) is 0.889. The smallest absolute Gasteiger partial charge is 0.303 e. The van der Waals surface area contributed by atoms with E-state index in [1.807, 2.05) is 13.8 Å². The number of rotatable bonds is 10. The summed E-state index contributed by atoms with van der Waals surface area (Å²) in [5.41, 5.74) is 0. The second-order valence-electron chi connectivity index (χ2n) is 6.65. The Morgan fingerprint density at radius 1 is 1.00 bits per heavy atom.